The average Bonchev–Trinajstić information content (AvgIpc) is 3.35. The first-order valence-electron chi connectivity index (χ1n) is 9.40. The molecule has 7 nitrogen and oxygen atoms in total. The molecule has 0 unspecified atom stereocenters. The van der Waals surface area contributed by atoms with E-state index >= 15 is 0 Å². The van der Waals surface area contributed by atoms with Crippen LogP contribution in [0, 0.1) is 0 Å². The van der Waals surface area contributed by atoms with Crippen LogP contribution in [0.3, 0.4) is 0 Å². The van der Waals surface area contributed by atoms with E-state index in [0.29, 0.717) is 12.1 Å². The summed E-state index contributed by atoms with van der Waals surface area (Å²) in [5, 5.41) is 16.9. The Morgan fingerprint density at radius 1 is 1.10 bits per heavy atom. The summed E-state index contributed by atoms with van der Waals surface area (Å²) in [6.45, 7) is 2.57. The third-order valence-corrected chi connectivity index (χ3v) is 5.48. The molecular weight excluding hydrogens is 386 g/mol. The molecule has 0 aliphatic heterocycles. The van der Waals surface area contributed by atoms with Crippen LogP contribution in [0.2, 0.25) is 0 Å². The maximum Gasteiger partial charge on any atom is 0.251 e. The summed E-state index contributed by atoms with van der Waals surface area (Å²) in [4.78, 5) is 13.1. The fraction of sp³-hybridized carbons (Fsp3) is 0.238. The van der Waals surface area contributed by atoms with Gasteiger partial charge in [0.1, 0.15) is 10.8 Å². The fourth-order valence-corrected chi connectivity index (χ4v) is 3.81. The predicted octanol–water partition coefficient (Wildman–Crippen LogP) is 3.74. The molecule has 2 aromatic heterocycles. The number of aryl methyl sites for hydroxylation is 1. The van der Waals surface area contributed by atoms with Crippen molar-refractivity contribution in [1.82, 2.24) is 25.1 Å². The number of carbonyl (C=O) groups excluding carboxylic acids is 1. The Labute approximate surface area is 172 Å². The van der Waals surface area contributed by atoms with Gasteiger partial charge in [0, 0.05) is 24.1 Å². The third-order valence-electron chi connectivity index (χ3n) is 4.54. The number of nitrogens with one attached hydrogen (secondary N) is 1. The summed E-state index contributed by atoms with van der Waals surface area (Å²) in [6, 6.07) is 15.1. The normalized spacial score (nSPS) is 11.0. The van der Waals surface area contributed by atoms with Gasteiger partial charge in [0.2, 0.25) is 4.96 Å². The standard InChI is InChI=1S/C21H21N5O2S/c1-3-4-18-23-24-21-26(18)25-20(29-21)16-7-5-14(6-8-16)13-22-19(27)15-9-11-17(28-2)12-10-15/h5-12H,3-4,13H2,1-2H3,(H,22,27). The van der Waals surface area contributed by atoms with Crippen molar-refractivity contribution < 1.29 is 9.53 Å². The number of ether oxygens (including phenoxy) is 1. The first-order chi connectivity index (χ1) is 14.2. The second-order valence-corrected chi connectivity index (χ2v) is 7.53. The number of hydrogen-bond donors (Lipinski definition) is 1. The van der Waals surface area contributed by atoms with E-state index in [-0.39, 0.29) is 5.91 Å². The summed E-state index contributed by atoms with van der Waals surface area (Å²) in [5.41, 5.74) is 2.64. The molecule has 0 aliphatic rings. The minimum atomic E-state index is -0.117. The molecule has 0 saturated carbocycles. The molecule has 8 heteroatoms. The minimum Gasteiger partial charge on any atom is -0.497 e. The van der Waals surface area contributed by atoms with Gasteiger partial charge >= 0.3 is 0 Å². The molecule has 0 aliphatic carbocycles. The minimum absolute atomic E-state index is 0.117. The molecular formula is C21H21N5O2S. The lowest BCUT2D eigenvalue weighted by Crippen LogP contribution is -2.22. The van der Waals surface area contributed by atoms with Crippen LogP contribution in [0.15, 0.2) is 48.5 Å². The monoisotopic (exact) mass is 407 g/mol. The van der Waals surface area contributed by atoms with E-state index in [1.807, 2.05) is 28.8 Å². The molecule has 2 aromatic carbocycles. The zero-order valence-electron chi connectivity index (χ0n) is 16.3. The highest BCUT2D eigenvalue weighted by Gasteiger charge is 2.12. The molecule has 4 rings (SSSR count). The van der Waals surface area contributed by atoms with Gasteiger partial charge in [0.05, 0.1) is 7.11 Å². The molecule has 148 valence electrons. The zero-order chi connectivity index (χ0) is 20.2. The van der Waals surface area contributed by atoms with Crippen LogP contribution in [-0.4, -0.2) is 32.8 Å². The van der Waals surface area contributed by atoms with E-state index in [0.717, 1.165) is 45.5 Å². The largest absolute Gasteiger partial charge is 0.497 e. The smallest absolute Gasteiger partial charge is 0.251 e. The fourth-order valence-electron chi connectivity index (χ4n) is 2.95. The number of rotatable bonds is 7. The summed E-state index contributed by atoms with van der Waals surface area (Å²) >= 11 is 1.52. The molecule has 0 fully saturated rings. The van der Waals surface area contributed by atoms with E-state index in [2.05, 4.69) is 27.5 Å². The van der Waals surface area contributed by atoms with Gasteiger partial charge in [-0.1, -0.05) is 42.5 Å². The number of amides is 1. The van der Waals surface area contributed by atoms with Crippen LogP contribution in [-0.2, 0) is 13.0 Å². The van der Waals surface area contributed by atoms with Gasteiger partial charge in [-0.3, -0.25) is 4.79 Å². The summed E-state index contributed by atoms with van der Waals surface area (Å²) in [7, 11) is 1.60. The SMILES string of the molecule is CCCc1nnc2sc(-c3ccc(CNC(=O)c4ccc(OC)cc4)cc3)nn12. The van der Waals surface area contributed by atoms with E-state index in [1.165, 1.54) is 11.3 Å². The van der Waals surface area contributed by atoms with E-state index in [9.17, 15) is 4.79 Å². The van der Waals surface area contributed by atoms with Gasteiger partial charge in [0.15, 0.2) is 5.82 Å². The number of fused-ring (bicyclic) bond motifs is 1. The number of carbonyl (C=O) groups is 1. The van der Waals surface area contributed by atoms with Crippen LogP contribution in [0.4, 0.5) is 0 Å². The van der Waals surface area contributed by atoms with Gasteiger partial charge in [-0.25, -0.2) is 0 Å². The highest BCUT2D eigenvalue weighted by molar-refractivity contribution is 7.19. The molecule has 0 radical (unpaired) electrons. The predicted molar refractivity (Wildman–Crippen MR) is 112 cm³/mol. The average molecular weight is 407 g/mol. The van der Waals surface area contributed by atoms with Gasteiger partial charge < -0.3 is 10.1 Å². The molecule has 0 bridgehead atoms. The van der Waals surface area contributed by atoms with E-state index in [4.69, 9.17) is 4.74 Å². The second-order valence-electron chi connectivity index (χ2n) is 6.58. The molecule has 0 saturated heterocycles. The maximum atomic E-state index is 12.3. The van der Waals surface area contributed by atoms with Crippen LogP contribution in [0.1, 0.15) is 35.1 Å². The van der Waals surface area contributed by atoms with E-state index in [1.54, 1.807) is 31.4 Å². The van der Waals surface area contributed by atoms with Crippen molar-refractivity contribution in [2.24, 2.45) is 0 Å². The number of methoxy groups -OCH3 is 1. The molecule has 0 spiro atoms. The van der Waals surface area contributed by atoms with Crippen molar-refractivity contribution in [1.29, 1.82) is 0 Å². The highest BCUT2D eigenvalue weighted by Crippen LogP contribution is 2.26. The van der Waals surface area contributed by atoms with Crippen molar-refractivity contribution in [3.63, 3.8) is 0 Å². The Hall–Kier alpha value is -3.26. The molecule has 1 N–H and O–H groups in total. The quantitative estimate of drug-likeness (QED) is 0.505. The van der Waals surface area contributed by atoms with Crippen molar-refractivity contribution in [2.45, 2.75) is 26.3 Å². The van der Waals surface area contributed by atoms with Crippen molar-refractivity contribution in [3.8, 4) is 16.3 Å². The summed E-state index contributed by atoms with van der Waals surface area (Å²) < 4.78 is 6.94. The Morgan fingerprint density at radius 2 is 1.86 bits per heavy atom. The van der Waals surface area contributed by atoms with Crippen molar-refractivity contribution in [2.75, 3.05) is 7.11 Å². The lowest BCUT2D eigenvalue weighted by Gasteiger charge is -2.07. The molecule has 2 heterocycles. The summed E-state index contributed by atoms with van der Waals surface area (Å²) in [5.74, 6) is 1.50. The molecule has 29 heavy (non-hydrogen) atoms. The Balaban J connectivity index is 1.41. The Kier molecular flexibility index (Phi) is 5.53. The lowest BCUT2D eigenvalue weighted by atomic mass is 10.1. The van der Waals surface area contributed by atoms with Crippen molar-refractivity contribution in [3.05, 3.63) is 65.5 Å². The second kappa shape index (κ2) is 8.40. The van der Waals surface area contributed by atoms with Gasteiger partial charge in [-0.15, -0.1) is 10.2 Å². The Bertz CT molecular complexity index is 1120. The van der Waals surface area contributed by atoms with E-state index < -0.39 is 0 Å². The Morgan fingerprint density at radius 3 is 2.55 bits per heavy atom. The van der Waals surface area contributed by atoms with Crippen molar-refractivity contribution >= 4 is 22.2 Å². The molecule has 0 atom stereocenters. The van der Waals surface area contributed by atoms with Crippen LogP contribution in [0.5, 0.6) is 5.75 Å². The third kappa shape index (κ3) is 4.12. The lowest BCUT2D eigenvalue weighted by molar-refractivity contribution is 0.0951. The first kappa shape index (κ1) is 19.1. The maximum absolute atomic E-state index is 12.3. The molecule has 1 amide bonds. The van der Waals surface area contributed by atoms with Gasteiger partial charge in [-0.2, -0.15) is 9.61 Å². The first-order valence-corrected chi connectivity index (χ1v) is 10.2. The van der Waals surface area contributed by atoms with Gasteiger partial charge in [-0.05, 0) is 36.2 Å². The number of nitrogens with zero attached hydrogens (tertiary/aromatic N) is 4. The van der Waals surface area contributed by atoms with Crippen LogP contribution >= 0.6 is 11.3 Å². The molecule has 4 aromatic rings. The highest BCUT2D eigenvalue weighted by atomic mass is 32.1. The number of benzene rings is 2. The van der Waals surface area contributed by atoms with Gasteiger partial charge in [0.25, 0.3) is 5.91 Å². The van der Waals surface area contributed by atoms with Crippen LogP contribution in [0.25, 0.3) is 15.5 Å². The topological polar surface area (TPSA) is 81.4 Å². The van der Waals surface area contributed by atoms with Crippen LogP contribution < -0.4 is 10.1 Å². The zero-order valence-corrected chi connectivity index (χ0v) is 17.1. The summed E-state index contributed by atoms with van der Waals surface area (Å²) in [6.07, 6.45) is 1.86. The number of hydrogen-bond acceptors (Lipinski definition) is 6. The number of aromatic nitrogens is 4.